The van der Waals surface area contributed by atoms with Gasteiger partial charge in [0.25, 0.3) is 0 Å². The van der Waals surface area contributed by atoms with Crippen LogP contribution in [0.5, 0.6) is 0 Å². The summed E-state index contributed by atoms with van der Waals surface area (Å²) < 4.78 is 27.4. The lowest BCUT2D eigenvalue weighted by Gasteiger charge is -2.28. The van der Waals surface area contributed by atoms with Gasteiger partial charge in [-0.15, -0.1) is 0 Å². The minimum Gasteiger partial charge on any atom is -0.345 e. The van der Waals surface area contributed by atoms with E-state index in [1.165, 1.54) is 12.1 Å². The molecule has 0 saturated carbocycles. The Morgan fingerprint density at radius 3 is 2.64 bits per heavy atom. The van der Waals surface area contributed by atoms with Gasteiger partial charge >= 0.3 is 0 Å². The molecule has 6 heteroatoms. The van der Waals surface area contributed by atoms with E-state index in [4.69, 9.17) is 0 Å². The summed E-state index contributed by atoms with van der Waals surface area (Å²) in [5.74, 6) is -2.16. The van der Waals surface area contributed by atoms with Gasteiger partial charge in [0.1, 0.15) is 0 Å². The molecule has 0 unspecified atom stereocenters. The molecule has 4 nitrogen and oxygen atoms in total. The number of halogens is 2. The van der Waals surface area contributed by atoms with Gasteiger partial charge < -0.3 is 9.80 Å². The predicted octanol–water partition coefficient (Wildman–Crippen LogP) is 2.98. The Hall–Kier alpha value is -2.76. The van der Waals surface area contributed by atoms with Crippen molar-refractivity contribution in [2.75, 3.05) is 26.7 Å². The van der Waals surface area contributed by atoms with Crippen LogP contribution < -0.4 is 0 Å². The lowest BCUT2D eigenvalue weighted by atomic mass is 9.73. The Morgan fingerprint density at radius 1 is 1.14 bits per heavy atom. The first kappa shape index (κ1) is 18.6. The first-order chi connectivity index (χ1) is 13.4. The summed E-state index contributed by atoms with van der Waals surface area (Å²) in [6.07, 6.45) is 0.368. The van der Waals surface area contributed by atoms with Crippen LogP contribution in [0.1, 0.15) is 23.5 Å². The Bertz CT molecular complexity index is 918. The molecule has 2 heterocycles. The second-order valence-electron chi connectivity index (χ2n) is 7.76. The number of benzene rings is 2. The zero-order valence-electron chi connectivity index (χ0n) is 15.7. The maximum absolute atomic E-state index is 13.9. The Morgan fingerprint density at radius 2 is 1.89 bits per heavy atom. The van der Waals surface area contributed by atoms with Crippen molar-refractivity contribution < 1.29 is 18.4 Å². The molecule has 2 aromatic carbocycles. The van der Waals surface area contributed by atoms with Crippen molar-refractivity contribution in [2.45, 2.75) is 18.8 Å². The number of hydrogen-bond donors (Lipinski definition) is 0. The fourth-order valence-electron chi connectivity index (χ4n) is 4.64. The van der Waals surface area contributed by atoms with Crippen molar-refractivity contribution in [3.63, 3.8) is 0 Å². The van der Waals surface area contributed by atoms with Gasteiger partial charge in [-0.2, -0.15) is 0 Å². The van der Waals surface area contributed by atoms with Crippen molar-refractivity contribution in [2.24, 2.45) is 5.41 Å². The quantitative estimate of drug-likeness (QED) is 0.816. The van der Waals surface area contributed by atoms with Crippen LogP contribution in [0.2, 0.25) is 0 Å². The van der Waals surface area contributed by atoms with Crippen molar-refractivity contribution in [3.05, 3.63) is 71.3 Å². The van der Waals surface area contributed by atoms with Crippen molar-refractivity contribution in [1.29, 1.82) is 0 Å². The zero-order valence-corrected chi connectivity index (χ0v) is 15.7. The number of nitrogens with zero attached hydrogens (tertiary/aromatic N) is 2. The maximum Gasteiger partial charge on any atom is 0.231 e. The summed E-state index contributed by atoms with van der Waals surface area (Å²) in [5, 5.41) is 0. The molecule has 2 aromatic rings. The molecule has 0 N–H and O–H groups in total. The van der Waals surface area contributed by atoms with Crippen molar-refractivity contribution in [3.8, 4) is 0 Å². The second-order valence-corrected chi connectivity index (χ2v) is 7.76. The molecule has 2 saturated heterocycles. The molecule has 1 spiro atoms. The zero-order chi connectivity index (χ0) is 19.9. The van der Waals surface area contributed by atoms with Gasteiger partial charge in [0.2, 0.25) is 11.8 Å². The highest BCUT2D eigenvalue weighted by Crippen LogP contribution is 2.49. The van der Waals surface area contributed by atoms with Gasteiger partial charge in [0.05, 0.1) is 11.8 Å². The molecule has 146 valence electrons. The van der Waals surface area contributed by atoms with Crippen molar-refractivity contribution >= 4 is 11.8 Å². The largest absolute Gasteiger partial charge is 0.345 e. The standard InChI is InChI=1S/C22H22F2N2O2/c1-25-13-17(15-6-3-2-4-7-15)22(21(25)28)10-11-26(14-22)19(27)12-16-8-5-9-18(23)20(16)24/h2-9,17H,10-14H2,1H3/t17-,22+/m1/s1. The average molecular weight is 384 g/mol. The SMILES string of the molecule is CN1C[C@H](c2ccccc2)[C@@]2(CCN(C(=O)Cc3cccc(F)c3F)C2)C1=O. The minimum atomic E-state index is -0.983. The van der Waals surface area contributed by atoms with Crippen LogP contribution in [0.15, 0.2) is 48.5 Å². The molecule has 28 heavy (non-hydrogen) atoms. The van der Waals surface area contributed by atoms with E-state index in [1.807, 2.05) is 30.3 Å². The monoisotopic (exact) mass is 384 g/mol. The lowest BCUT2D eigenvalue weighted by Crippen LogP contribution is -2.39. The van der Waals surface area contributed by atoms with Gasteiger partial charge in [0.15, 0.2) is 11.6 Å². The number of likely N-dealkylation sites (N-methyl/N-ethyl adjacent to an activating group) is 1. The van der Waals surface area contributed by atoms with Crippen LogP contribution in [0.3, 0.4) is 0 Å². The first-order valence-electron chi connectivity index (χ1n) is 9.43. The van der Waals surface area contributed by atoms with E-state index in [-0.39, 0.29) is 29.7 Å². The predicted molar refractivity (Wildman–Crippen MR) is 101 cm³/mol. The smallest absolute Gasteiger partial charge is 0.231 e. The van der Waals surface area contributed by atoms with E-state index in [9.17, 15) is 18.4 Å². The van der Waals surface area contributed by atoms with E-state index in [0.29, 0.717) is 26.1 Å². The molecular formula is C22H22F2N2O2. The van der Waals surface area contributed by atoms with E-state index < -0.39 is 17.0 Å². The summed E-state index contributed by atoms with van der Waals surface area (Å²) in [4.78, 5) is 29.1. The fraction of sp³-hybridized carbons (Fsp3) is 0.364. The highest BCUT2D eigenvalue weighted by molar-refractivity contribution is 5.89. The summed E-state index contributed by atoms with van der Waals surface area (Å²) in [7, 11) is 1.79. The van der Waals surface area contributed by atoms with Gasteiger partial charge in [-0.25, -0.2) is 8.78 Å². The van der Waals surface area contributed by atoms with Crippen LogP contribution in [0.25, 0.3) is 0 Å². The topological polar surface area (TPSA) is 40.6 Å². The van der Waals surface area contributed by atoms with Crippen LogP contribution in [0.4, 0.5) is 8.78 Å². The Kier molecular flexibility index (Phi) is 4.65. The number of amides is 2. The van der Waals surface area contributed by atoms with E-state index >= 15 is 0 Å². The number of rotatable bonds is 3. The molecule has 2 aliphatic rings. The number of carbonyl (C=O) groups excluding carboxylic acids is 2. The molecule has 0 aromatic heterocycles. The number of hydrogen-bond acceptors (Lipinski definition) is 2. The molecule has 0 radical (unpaired) electrons. The summed E-state index contributed by atoms with van der Waals surface area (Å²) in [5.41, 5.74) is 0.484. The summed E-state index contributed by atoms with van der Waals surface area (Å²) in [6, 6.07) is 13.7. The third-order valence-electron chi connectivity index (χ3n) is 6.12. The number of likely N-dealkylation sites (tertiary alicyclic amines) is 2. The van der Waals surface area contributed by atoms with Gasteiger partial charge in [-0.1, -0.05) is 42.5 Å². The minimum absolute atomic E-state index is 0.00917. The molecule has 2 atom stereocenters. The molecule has 0 bridgehead atoms. The highest BCUT2D eigenvalue weighted by Gasteiger charge is 2.57. The van der Waals surface area contributed by atoms with Crippen LogP contribution in [-0.4, -0.2) is 48.3 Å². The Labute approximate surface area is 162 Å². The third-order valence-corrected chi connectivity index (χ3v) is 6.12. The van der Waals surface area contributed by atoms with Crippen LogP contribution >= 0.6 is 0 Å². The van der Waals surface area contributed by atoms with Crippen LogP contribution in [0, 0.1) is 17.0 Å². The molecule has 2 fully saturated rings. The summed E-state index contributed by atoms with van der Waals surface area (Å²) >= 11 is 0. The Balaban J connectivity index is 1.56. The number of carbonyl (C=O) groups is 2. The van der Waals surface area contributed by atoms with Gasteiger partial charge in [-0.3, -0.25) is 9.59 Å². The van der Waals surface area contributed by atoms with Crippen LogP contribution in [-0.2, 0) is 16.0 Å². The fourth-order valence-corrected chi connectivity index (χ4v) is 4.64. The second kappa shape index (κ2) is 7.00. The third kappa shape index (κ3) is 2.97. The molecule has 2 amide bonds. The lowest BCUT2D eigenvalue weighted by molar-refractivity contribution is -0.135. The van der Waals surface area contributed by atoms with E-state index in [1.54, 1.807) is 16.8 Å². The van der Waals surface area contributed by atoms with E-state index in [2.05, 4.69) is 0 Å². The highest BCUT2D eigenvalue weighted by atomic mass is 19.2. The van der Waals surface area contributed by atoms with Gasteiger partial charge in [0, 0.05) is 38.2 Å². The maximum atomic E-state index is 13.9. The normalized spacial score (nSPS) is 24.4. The molecule has 2 aliphatic heterocycles. The molecular weight excluding hydrogens is 362 g/mol. The first-order valence-corrected chi connectivity index (χ1v) is 9.43. The molecule has 4 rings (SSSR count). The van der Waals surface area contributed by atoms with Crippen molar-refractivity contribution in [1.82, 2.24) is 9.80 Å². The van der Waals surface area contributed by atoms with Gasteiger partial charge in [-0.05, 0) is 18.1 Å². The average Bonchev–Trinajstić information content (AvgIpc) is 3.25. The summed E-state index contributed by atoms with van der Waals surface area (Å²) in [6.45, 7) is 1.37. The van der Waals surface area contributed by atoms with E-state index in [0.717, 1.165) is 11.6 Å². The molecule has 0 aliphatic carbocycles.